The summed E-state index contributed by atoms with van der Waals surface area (Å²) in [6.07, 6.45) is 3.24. The molecule has 0 aliphatic rings. The Morgan fingerprint density at radius 1 is 1.19 bits per heavy atom. The largest absolute Gasteiger partial charge is 0.480 e. The van der Waals surface area contributed by atoms with E-state index in [1.165, 1.54) is 7.11 Å². The van der Waals surface area contributed by atoms with E-state index < -0.39 is 0 Å². The first-order valence-corrected chi connectivity index (χ1v) is 6.14. The lowest BCUT2D eigenvalue weighted by Crippen LogP contribution is -2.14. The molecular formula is C15H13N5O. The lowest BCUT2D eigenvalue weighted by Gasteiger charge is -2.18. The van der Waals surface area contributed by atoms with Crippen LogP contribution in [0.5, 0.6) is 5.88 Å². The average Bonchev–Trinajstić information content (AvgIpc) is 2.53. The highest BCUT2D eigenvalue weighted by Crippen LogP contribution is 2.36. The number of pyridine rings is 2. The molecule has 2 aromatic rings. The molecule has 6 heteroatoms. The van der Waals surface area contributed by atoms with Crippen molar-refractivity contribution in [2.24, 2.45) is 0 Å². The molecule has 0 aliphatic heterocycles. The monoisotopic (exact) mass is 279 g/mol. The minimum Gasteiger partial charge on any atom is -0.480 e. The molecule has 0 saturated heterocycles. The maximum Gasteiger partial charge on any atom is 0.234 e. The average molecular weight is 279 g/mol. The molecule has 0 radical (unpaired) electrons. The van der Waals surface area contributed by atoms with Gasteiger partial charge in [-0.25, -0.2) is 0 Å². The summed E-state index contributed by atoms with van der Waals surface area (Å²) in [6.45, 7) is 0. The summed E-state index contributed by atoms with van der Waals surface area (Å²) in [4.78, 5) is 10.0. The maximum atomic E-state index is 9.51. The topological polar surface area (TPSA) is 85.8 Å². The van der Waals surface area contributed by atoms with Gasteiger partial charge in [0.15, 0.2) is 5.82 Å². The van der Waals surface area contributed by atoms with E-state index in [2.05, 4.69) is 22.1 Å². The molecule has 2 aromatic heterocycles. The summed E-state index contributed by atoms with van der Waals surface area (Å²) in [5.41, 5.74) is 1.72. The summed E-state index contributed by atoms with van der Waals surface area (Å²) in [6, 6.07) is 7.75. The first-order chi connectivity index (χ1) is 10.1. The second kappa shape index (κ2) is 5.89. The van der Waals surface area contributed by atoms with Gasteiger partial charge in [0, 0.05) is 37.6 Å². The van der Waals surface area contributed by atoms with E-state index in [1.54, 1.807) is 43.5 Å². The molecule has 0 aromatic carbocycles. The number of nitrogens with zero attached hydrogens (tertiary/aromatic N) is 5. The Morgan fingerprint density at radius 3 is 2.38 bits per heavy atom. The summed E-state index contributed by atoms with van der Waals surface area (Å²) < 4.78 is 5.20. The molecule has 104 valence electrons. The number of aromatic nitrogens is 2. The van der Waals surface area contributed by atoms with Gasteiger partial charge in [0.1, 0.15) is 23.3 Å². The number of hydrogen-bond donors (Lipinski definition) is 0. The van der Waals surface area contributed by atoms with Crippen LogP contribution in [0.25, 0.3) is 11.1 Å². The van der Waals surface area contributed by atoms with Crippen molar-refractivity contribution in [2.45, 2.75) is 0 Å². The molecule has 0 spiro atoms. The Hall–Kier alpha value is -3.12. The predicted octanol–water partition coefficient (Wildman–Crippen LogP) is 1.96. The first kappa shape index (κ1) is 14.3. The second-order valence-electron chi connectivity index (χ2n) is 4.43. The fourth-order valence-corrected chi connectivity index (χ4v) is 2.03. The van der Waals surface area contributed by atoms with Gasteiger partial charge in [0.05, 0.1) is 7.11 Å². The van der Waals surface area contributed by atoms with Crippen molar-refractivity contribution in [3.8, 4) is 29.1 Å². The molecule has 0 aliphatic carbocycles. The Balaban J connectivity index is 2.92. The van der Waals surface area contributed by atoms with E-state index in [4.69, 9.17) is 4.74 Å². The molecule has 6 nitrogen and oxygen atoms in total. The highest BCUT2D eigenvalue weighted by atomic mass is 16.5. The van der Waals surface area contributed by atoms with Crippen molar-refractivity contribution in [3.63, 3.8) is 0 Å². The van der Waals surface area contributed by atoms with E-state index in [1.807, 2.05) is 0 Å². The highest BCUT2D eigenvalue weighted by Gasteiger charge is 2.22. The number of anilines is 1. The van der Waals surface area contributed by atoms with Crippen LogP contribution in [-0.2, 0) is 0 Å². The zero-order valence-corrected chi connectivity index (χ0v) is 12.0. The number of nitriles is 2. The van der Waals surface area contributed by atoms with Gasteiger partial charge >= 0.3 is 0 Å². The summed E-state index contributed by atoms with van der Waals surface area (Å²) in [7, 11) is 5.01. The minimum absolute atomic E-state index is 0.194. The van der Waals surface area contributed by atoms with E-state index >= 15 is 0 Å². The third-order valence-electron chi connectivity index (χ3n) is 2.94. The second-order valence-corrected chi connectivity index (χ2v) is 4.43. The number of rotatable bonds is 3. The van der Waals surface area contributed by atoms with Crippen LogP contribution in [0.1, 0.15) is 11.1 Å². The number of methoxy groups -OCH3 is 1. The van der Waals surface area contributed by atoms with Crippen LogP contribution in [0.3, 0.4) is 0 Å². The SMILES string of the molecule is COc1nc(N(C)C)c(C#N)c(-c2cccnc2)c1C#N. The van der Waals surface area contributed by atoms with Gasteiger partial charge < -0.3 is 9.64 Å². The van der Waals surface area contributed by atoms with Crippen LogP contribution < -0.4 is 9.64 Å². The van der Waals surface area contributed by atoms with Crippen LogP contribution in [0, 0.1) is 22.7 Å². The van der Waals surface area contributed by atoms with Gasteiger partial charge in [-0.2, -0.15) is 15.5 Å². The van der Waals surface area contributed by atoms with Crippen molar-refractivity contribution in [3.05, 3.63) is 35.7 Å². The van der Waals surface area contributed by atoms with Crippen molar-refractivity contribution < 1.29 is 4.74 Å². The molecule has 0 atom stereocenters. The zero-order chi connectivity index (χ0) is 15.4. The van der Waals surface area contributed by atoms with Crippen LogP contribution in [0.2, 0.25) is 0 Å². The molecule has 0 unspecified atom stereocenters. The Bertz CT molecular complexity index is 741. The molecule has 0 N–H and O–H groups in total. The fraction of sp³-hybridized carbons (Fsp3) is 0.200. The number of hydrogen-bond acceptors (Lipinski definition) is 6. The van der Waals surface area contributed by atoms with Gasteiger partial charge in [-0.15, -0.1) is 0 Å². The van der Waals surface area contributed by atoms with Gasteiger partial charge in [-0.1, -0.05) is 6.07 Å². The number of ether oxygens (including phenoxy) is 1. The van der Waals surface area contributed by atoms with Crippen molar-refractivity contribution in [2.75, 3.05) is 26.1 Å². The van der Waals surface area contributed by atoms with Gasteiger partial charge in [-0.3, -0.25) is 4.98 Å². The van der Waals surface area contributed by atoms with Crippen molar-refractivity contribution in [1.29, 1.82) is 10.5 Å². The predicted molar refractivity (Wildman–Crippen MR) is 77.8 cm³/mol. The third-order valence-corrected chi connectivity index (χ3v) is 2.94. The Labute approximate surface area is 122 Å². The van der Waals surface area contributed by atoms with Gasteiger partial charge in [0.25, 0.3) is 0 Å². The van der Waals surface area contributed by atoms with Crippen LogP contribution in [0.15, 0.2) is 24.5 Å². The normalized spacial score (nSPS) is 9.57. The molecule has 0 amide bonds. The van der Waals surface area contributed by atoms with E-state index in [0.29, 0.717) is 22.5 Å². The van der Waals surface area contributed by atoms with Crippen LogP contribution in [-0.4, -0.2) is 31.2 Å². The van der Waals surface area contributed by atoms with Crippen molar-refractivity contribution >= 4 is 5.82 Å². The highest BCUT2D eigenvalue weighted by molar-refractivity contribution is 5.82. The molecule has 0 saturated carbocycles. The molecule has 0 fully saturated rings. The third kappa shape index (κ3) is 2.47. The van der Waals surface area contributed by atoms with Crippen LogP contribution in [0.4, 0.5) is 5.82 Å². The Kier molecular flexibility index (Phi) is 4.01. The van der Waals surface area contributed by atoms with Gasteiger partial charge in [-0.05, 0) is 6.07 Å². The van der Waals surface area contributed by atoms with Crippen LogP contribution >= 0.6 is 0 Å². The minimum atomic E-state index is 0.194. The fourth-order valence-electron chi connectivity index (χ4n) is 2.03. The van der Waals surface area contributed by atoms with Crippen molar-refractivity contribution in [1.82, 2.24) is 9.97 Å². The van der Waals surface area contributed by atoms with E-state index in [9.17, 15) is 10.5 Å². The maximum absolute atomic E-state index is 9.51. The molecule has 0 bridgehead atoms. The smallest absolute Gasteiger partial charge is 0.234 e. The standard InChI is InChI=1S/C15H13N5O/c1-20(2)14-11(7-16)13(10-5-4-6-18-9-10)12(8-17)15(19-14)21-3/h4-6,9H,1-3H3. The molecule has 2 rings (SSSR count). The first-order valence-electron chi connectivity index (χ1n) is 6.14. The van der Waals surface area contributed by atoms with E-state index in [0.717, 1.165) is 0 Å². The summed E-state index contributed by atoms with van der Waals surface area (Å²) in [5.74, 6) is 0.645. The quantitative estimate of drug-likeness (QED) is 0.853. The molecular weight excluding hydrogens is 266 g/mol. The van der Waals surface area contributed by atoms with E-state index in [-0.39, 0.29) is 11.4 Å². The lowest BCUT2D eigenvalue weighted by molar-refractivity contribution is 0.397. The zero-order valence-electron chi connectivity index (χ0n) is 12.0. The van der Waals surface area contributed by atoms with Gasteiger partial charge in [0.2, 0.25) is 5.88 Å². The lowest BCUT2D eigenvalue weighted by atomic mass is 9.97. The Morgan fingerprint density at radius 2 is 1.90 bits per heavy atom. The molecule has 2 heterocycles. The summed E-state index contributed by atoms with van der Waals surface area (Å²) in [5, 5.41) is 18.9. The molecule has 21 heavy (non-hydrogen) atoms. The summed E-state index contributed by atoms with van der Waals surface area (Å²) >= 11 is 0.